The monoisotopic (exact) mass is 403 g/mol. The van der Waals surface area contributed by atoms with E-state index < -0.39 is 11.2 Å². The van der Waals surface area contributed by atoms with Crippen molar-refractivity contribution in [3.05, 3.63) is 81.3 Å². The Morgan fingerprint density at radius 3 is 2.60 bits per heavy atom. The number of H-pyrrole nitrogens is 1. The molecule has 0 spiro atoms. The molecule has 3 aromatic heterocycles. The first-order valence-electron chi connectivity index (χ1n) is 10.00. The maximum Gasteiger partial charge on any atom is 0.330 e. The highest BCUT2D eigenvalue weighted by Crippen LogP contribution is 2.25. The smallest absolute Gasteiger partial charge is 0.330 e. The first-order valence-corrected chi connectivity index (χ1v) is 10.00. The van der Waals surface area contributed by atoms with Crippen LogP contribution in [0.4, 0.5) is 0 Å². The van der Waals surface area contributed by atoms with Crippen LogP contribution in [0.2, 0.25) is 0 Å². The molecule has 1 aliphatic rings. The lowest BCUT2D eigenvalue weighted by atomic mass is 10.2. The molecule has 1 aliphatic heterocycles. The molecule has 8 nitrogen and oxygen atoms in total. The number of benzene rings is 1. The van der Waals surface area contributed by atoms with Crippen LogP contribution in [0.3, 0.4) is 0 Å². The van der Waals surface area contributed by atoms with Crippen molar-refractivity contribution in [3.63, 3.8) is 0 Å². The Balaban J connectivity index is 1.74. The van der Waals surface area contributed by atoms with Gasteiger partial charge in [-0.25, -0.2) is 9.78 Å². The van der Waals surface area contributed by atoms with Crippen molar-refractivity contribution >= 4 is 11.2 Å². The summed E-state index contributed by atoms with van der Waals surface area (Å²) in [6.07, 6.45) is 5.31. The summed E-state index contributed by atoms with van der Waals surface area (Å²) in [5, 5.41) is 0. The van der Waals surface area contributed by atoms with Crippen molar-refractivity contribution in [1.82, 2.24) is 24.1 Å². The Bertz CT molecular complexity index is 1290. The molecule has 0 radical (unpaired) electrons. The average molecular weight is 403 g/mol. The highest BCUT2D eigenvalue weighted by Gasteiger charge is 2.24. The number of ether oxygens (including phenoxy) is 1. The molecule has 4 heterocycles. The first kappa shape index (κ1) is 18.5. The minimum Gasteiger partial charge on any atom is -0.376 e. The number of aromatic nitrogens is 5. The molecule has 5 rings (SSSR count). The first-order chi connectivity index (χ1) is 14.7. The summed E-state index contributed by atoms with van der Waals surface area (Å²) in [5.74, 6) is 0.626. The molecule has 0 saturated carbocycles. The molecule has 4 aromatic rings. The van der Waals surface area contributed by atoms with E-state index in [-0.39, 0.29) is 6.10 Å². The van der Waals surface area contributed by atoms with Crippen LogP contribution in [0.5, 0.6) is 0 Å². The van der Waals surface area contributed by atoms with Crippen LogP contribution in [-0.2, 0) is 17.8 Å². The van der Waals surface area contributed by atoms with Gasteiger partial charge >= 0.3 is 5.69 Å². The molecule has 0 amide bonds. The van der Waals surface area contributed by atoms with Crippen LogP contribution in [0, 0.1) is 0 Å². The van der Waals surface area contributed by atoms with Crippen molar-refractivity contribution in [1.29, 1.82) is 0 Å². The molecule has 8 heteroatoms. The largest absolute Gasteiger partial charge is 0.376 e. The second-order valence-corrected chi connectivity index (χ2v) is 7.42. The number of hydrogen-bond acceptors (Lipinski definition) is 5. The highest BCUT2D eigenvalue weighted by atomic mass is 16.5. The van der Waals surface area contributed by atoms with Gasteiger partial charge in [-0.15, -0.1) is 0 Å². The van der Waals surface area contributed by atoms with E-state index >= 15 is 0 Å². The quantitative estimate of drug-likeness (QED) is 0.551. The fraction of sp³-hybridized carbons (Fsp3) is 0.273. The number of rotatable bonds is 5. The van der Waals surface area contributed by atoms with Crippen LogP contribution >= 0.6 is 0 Å². The van der Waals surface area contributed by atoms with Crippen molar-refractivity contribution in [2.75, 3.05) is 6.61 Å². The normalized spacial score (nSPS) is 16.3. The van der Waals surface area contributed by atoms with Gasteiger partial charge in [0.1, 0.15) is 5.82 Å². The third-order valence-electron chi connectivity index (χ3n) is 5.42. The summed E-state index contributed by atoms with van der Waals surface area (Å²) in [4.78, 5) is 36.9. The van der Waals surface area contributed by atoms with Gasteiger partial charge in [0.25, 0.3) is 5.56 Å². The minimum absolute atomic E-state index is 0.0110. The molecular formula is C22H21N5O3. The topological polar surface area (TPSA) is 94.8 Å². The Hall–Kier alpha value is -3.52. The van der Waals surface area contributed by atoms with Gasteiger partial charge < -0.3 is 9.30 Å². The maximum absolute atomic E-state index is 12.9. The highest BCUT2D eigenvalue weighted by molar-refractivity contribution is 5.77. The molecule has 1 atom stereocenters. The van der Waals surface area contributed by atoms with Crippen molar-refractivity contribution < 1.29 is 4.74 Å². The minimum atomic E-state index is -0.473. The van der Waals surface area contributed by atoms with Crippen LogP contribution < -0.4 is 11.2 Å². The lowest BCUT2D eigenvalue weighted by Gasteiger charge is -2.14. The van der Waals surface area contributed by atoms with E-state index in [1.807, 2.05) is 47.0 Å². The predicted octanol–water partition coefficient (Wildman–Crippen LogP) is 2.18. The number of imidazole rings is 1. The van der Waals surface area contributed by atoms with Crippen LogP contribution in [-0.4, -0.2) is 36.8 Å². The maximum atomic E-state index is 12.9. The van der Waals surface area contributed by atoms with Crippen LogP contribution in [0.1, 0.15) is 18.4 Å². The van der Waals surface area contributed by atoms with E-state index in [0.29, 0.717) is 30.1 Å². The average Bonchev–Trinajstić information content (AvgIpc) is 3.41. The van der Waals surface area contributed by atoms with Crippen LogP contribution in [0.15, 0.2) is 64.4 Å². The lowest BCUT2D eigenvalue weighted by Crippen LogP contribution is -2.32. The molecular weight excluding hydrogens is 382 g/mol. The zero-order chi connectivity index (χ0) is 20.5. The summed E-state index contributed by atoms with van der Waals surface area (Å²) in [6, 6.07) is 13.3. The summed E-state index contributed by atoms with van der Waals surface area (Å²) in [6.45, 7) is 1.54. The zero-order valence-electron chi connectivity index (χ0n) is 16.3. The Morgan fingerprint density at radius 1 is 1.07 bits per heavy atom. The number of aromatic amines is 1. The molecule has 1 aromatic carbocycles. The van der Waals surface area contributed by atoms with Crippen molar-refractivity contribution in [2.45, 2.75) is 32.0 Å². The van der Waals surface area contributed by atoms with Gasteiger partial charge in [0, 0.05) is 24.6 Å². The van der Waals surface area contributed by atoms with E-state index in [1.54, 1.807) is 12.4 Å². The predicted molar refractivity (Wildman–Crippen MR) is 112 cm³/mol. The second kappa shape index (κ2) is 7.72. The number of hydrogen-bond donors (Lipinski definition) is 1. The second-order valence-electron chi connectivity index (χ2n) is 7.42. The van der Waals surface area contributed by atoms with Gasteiger partial charge in [0.05, 0.1) is 19.2 Å². The lowest BCUT2D eigenvalue weighted by molar-refractivity contribution is 0.0982. The Labute approximate surface area is 171 Å². The standard InChI is InChI=1S/C22H21N5O3/c28-21-18-20(27(22(29)25-21)13-15-5-2-1-3-6-15)24-19(16-8-10-23-11-9-16)26(18)14-17-7-4-12-30-17/h1-3,5-6,8-11,17H,4,7,12-14H2,(H,25,28,29). The van der Waals surface area contributed by atoms with Crippen LogP contribution in [0.25, 0.3) is 22.6 Å². The van der Waals surface area contributed by atoms with E-state index in [4.69, 9.17) is 9.72 Å². The molecule has 0 aliphatic carbocycles. The summed E-state index contributed by atoms with van der Waals surface area (Å²) < 4.78 is 9.21. The van der Waals surface area contributed by atoms with E-state index in [2.05, 4.69) is 9.97 Å². The van der Waals surface area contributed by atoms with E-state index in [1.165, 1.54) is 4.57 Å². The molecule has 1 N–H and O–H groups in total. The number of fused-ring (bicyclic) bond motifs is 1. The van der Waals surface area contributed by atoms with Gasteiger partial charge in [0.2, 0.25) is 0 Å². The van der Waals surface area contributed by atoms with Crippen molar-refractivity contribution in [3.8, 4) is 11.4 Å². The summed E-state index contributed by atoms with van der Waals surface area (Å²) in [7, 11) is 0. The molecule has 1 fully saturated rings. The fourth-order valence-electron chi connectivity index (χ4n) is 3.98. The van der Waals surface area contributed by atoms with E-state index in [9.17, 15) is 9.59 Å². The van der Waals surface area contributed by atoms with Crippen molar-refractivity contribution in [2.24, 2.45) is 0 Å². The third-order valence-corrected chi connectivity index (χ3v) is 5.42. The Kier molecular flexibility index (Phi) is 4.76. The molecule has 1 saturated heterocycles. The van der Waals surface area contributed by atoms with Gasteiger partial charge in [-0.2, -0.15) is 0 Å². The molecule has 1 unspecified atom stereocenters. The van der Waals surface area contributed by atoms with Gasteiger partial charge in [-0.05, 0) is 30.5 Å². The number of pyridine rings is 1. The fourth-order valence-corrected chi connectivity index (χ4v) is 3.98. The number of nitrogens with one attached hydrogen (secondary N) is 1. The molecule has 30 heavy (non-hydrogen) atoms. The SMILES string of the molecule is O=c1[nH]c(=O)n(Cc2ccccc2)c2nc(-c3ccncc3)n(CC3CCCO3)c12. The van der Waals surface area contributed by atoms with Gasteiger partial charge in [-0.3, -0.25) is 19.3 Å². The Morgan fingerprint density at radius 2 is 1.87 bits per heavy atom. The van der Waals surface area contributed by atoms with Gasteiger partial charge in [0.15, 0.2) is 11.2 Å². The van der Waals surface area contributed by atoms with E-state index in [0.717, 1.165) is 30.6 Å². The molecule has 152 valence electrons. The number of nitrogens with zero attached hydrogens (tertiary/aromatic N) is 4. The third kappa shape index (κ3) is 3.35. The van der Waals surface area contributed by atoms with Gasteiger partial charge in [-0.1, -0.05) is 30.3 Å². The summed E-state index contributed by atoms with van der Waals surface area (Å²) >= 11 is 0. The zero-order valence-corrected chi connectivity index (χ0v) is 16.3. The molecule has 0 bridgehead atoms. The summed E-state index contributed by atoms with van der Waals surface area (Å²) in [5.41, 5.74) is 1.62.